The fourth-order valence-electron chi connectivity index (χ4n) is 2.11. The Balaban J connectivity index is 3.04. The van der Waals surface area contributed by atoms with Crippen LogP contribution < -0.4 is 11.3 Å². The summed E-state index contributed by atoms with van der Waals surface area (Å²) in [6.45, 7) is 4.91. The lowest BCUT2D eigenvalue weighted by molar-refractivity contribution is -0.121. The van der Waals surface area contributed by atoms with E-state index in [9.17, 15) is 9.59 Å². The summed E-state index contributed by atoms with van der Waals surface area (Å²) in [4.78, 5) is 25.7. The summed E-state index contributed by atoms with van der Waals surface area (Å²) in [5.41, 5.74) is 6.31. The van der Waals surface area contributed by atoms with E-state index in [1.54, 1.807) is 6.20 Å². The van der Waals surface area contributed by atoms with Crippen LogP contribution in [0.2, 0.25) is 0 Å². The number of aromatic nitrogens is 1. The van der Waals surface area contributed by atoms with Crippen molar-refractivity contribution in [3.05, 3.63) is 34.2 Å². The fraction of sp³-hybridized carbons (Fsp3) is 0.600. The van der Waals surface area contributed by atoms with Crippen LogP contribution in [0.15, 0.2) is 23.1 Å². The maximum Gasteiger partial charge on any atom is 0.251 e. The summed E-state index contributed by atoms with van der Waals surface area (Å²) < 4.78 is 1.48. The second-order valence-electron chi connectivity index (χ2n) is 5.88. The maximum absolute atomic E-state index is 12.0. The molecule has 0 saturated heterocycles. The molecule has 112 valence electrons. The molecular formula is C15H25N3O2. The molecule has 0 fully saturated rings. The van der Waals surface area contributed by atoms with Crippen molar-refractivity contribution in [2.24, 2.45) is 11.7 Å². The lowest BCUT2D eigenvalue weighted by Gasteiger charge is -2.19. The van der Waals surface area contributed by atoms with Crippen molar-refractivity contribution < 1.29 is 4.79 Å². The minimum absolute atomic E-state index is 0.178. The minimum Gasteiger partial charge on any atom is -0.368 e. The second-order valence-corrected chi connectivity index (χ2v) is 5.88. The normalized spacial score (nSPS) is 12.9. The molecule has 5 nitrogen and oxygen atoms in total. The first-order chi connectivity index (χ1) is 9.31. The van der Waals surface area contributed by atoms with Gasteiger partial charge in [0, 0.05) is 18.8 Å². The molecule has 1 rings (SSSR count). The topological polar surface area (TPSA) is 68.3 Å². The van der Waals surface area contributed by atoms with Gasteiger partial charge in [-0.05, 0) is 38.4 Å². The van der Waals surface area contributed by atoms with Crippen LogP contribution in [0.3, 0.4) is 0 Å². The number of nitrogens with two attached hydrogens (primary N) is 1. The van der Waals surface area contributed by atoms with Gasteiger partial charge in [0.25, 0.3) is 5.56 Å². The number of rotatable bonds is 7. The summed E-state index contributed by atoms with van der Waals surface area (Å²) >= 11 is 0. The first-order valence-corrected chi connectivity index (χ1v) is 6.96. The van der Waals surface area contributed by atoms with E-state index in [1.165, 1.54) is 10.6 Å². The third-order valence-electron chi connectivity index (χ3n) is 3.21. The van der Waals surface area contributed by atoms with Crippen molar-refractivity contribution in [3.63, 3.8) is 0 Å². The van der Waals surface area contributed by atoms with Crippen molar-refractivity contribution in [1.29, 1.82) is 0 Å². The van der Waals surface area contributed by atoms with E-state index in [2.05, 4.69) is 4.90 Å². The fourth-order valence-corrected chi connectivity index (χ4v) is 2.11. The van der Waals surface area contributed by atoms with E-state index in [4.69, 9.17) is 5.73 Å². The number of pyridine rings is 1. The molecule has 1 unspecified atom stereocenters. The zero-order valence-electron chi connectivity index (χ0n) is 12.8. The first kappa shape index (κ1) is 16.4. The zero-order valence-corrected chi connectivity index (χ0v) is 12.8. The summed E-state index contributed by atoms with van der Waals surface area (Å²) in [7, 11) is 4.00. The van der Waals surface area contributed by atoms with Gasteiger partial charge in [-0.3, -0.25) is 9.59 Å². The monoisotopic (exact) mass is 279 g/mol. The number of carbonyl (C=O) groups is 1. The van der Waals surface area contributed by atoms with Gasteiger partial charge in [0.1, 0.15) is 6.04 Å². The highest BCUT2D eigenvalue weighted by molar-refractivity contribution is 5.78. The number of hydrogen-bond donors (Lipinski definition) is 1. The largest absolute Gasteiger partial charge is 0.368 e. The summed E-state index contributed by atoms with van der Waals surface area (Å²) in [6.07, 6.45) is 3.18. The van der Waals surface area contributed by atoms with E-state index in [-0.39, 0.29) is 5.56 Å². The van der Waals surface area contributed by atoms with Gasteiger partial charge in [0.15, 0.2) is 0 Å². The van der Waals surface area contributed by atoms with Crippen LogP contribution in [0.4, 0.5) is 0 Å². The third-order valence-corrected chi connectivity index (χ3v) is 3.21. The first-order valence-electron chi connectivity index (χ1n) is 6.96. The van der Waals surface area contributed by atoms with Crippen molar-refractivity contribution in [1.82, 2.24) is 9.47 Å². The Bertz CT molecular complexity index is 506. The third kappa shape index (κ3) is 4.81. The van der Waals surface area contributed by atoms with Crippen molar-refractivity contribution in [2.75, 3.05) is 20.6 Å². The predicted octanol–water partition coefficient (Wildman–Crippen LogP) is 1.02. The molecule has 0 saturated carbocycles. The summed E-state index contributed by atoms with van der Waals surface area (Å²) in [5, 5.41) is 0. The van der Waals surface area contributed by atoms with Crippen LogP contribution in [0.25, 0.3) is 0 Å². The molecule has 2 N–H and O–H groups in total. The van der Waals surface area contributed by atoms with Gasteiger partial charge in [0.2, 0.25) is 5.91 Å². The Labute approximate surface area is 120 Å². The summed E-state index contributed by atoms with van der Waals surface area (Å²) in [5.74, 6) is -0.157. The van der Waals surface area contributed by atoms with Crippen molar-refractivity contribution in [2.45, 2.75) is 32.7 Å². The molecule has 5 heteroatoms. The number of carbonyl (C=O) groups excluding carboxylic acids is 1. The van der Waals surface area contributed by atoms with E-state index >= 15 is 0 Å². The maximum atomic E-state index is 12.0. The van der Waals surface area contributed by atoms with Gasteiger partial charge in [-0.15, -0.1) is 0 Å². The van der Waals surface area contributed by atoms with Crippen LogP contribution in [0, 0.1) is 5.92 Å². The molecule has 0 aliphatic rings. The van der Waals surface area contributed by atoms with Crippen LogP contribution >= 0.6 is 0 Å². The minimum atomic E-state index is -0.568. The Hall–Kier alpha value is -1.62. The molecule has 1 atom stereocenters. The Morgan fingerprint density at radius 2 is 2.00 bits per heavy atom. The van der Waals surface area contributed by atoms with E-state index in [0.29, 0.717) is 12.3 Å². The second kappa shape index (κ2) is 7.24. The number of likely N-dealkylation sites (N-methyl/N-ethyl adjacent to an activating group) is 1. The van der Waals surface area contributed by atoms with Crippen LogP contribution in [0.5, 0.6) is 0 Å². The highest BCUT2D eigenvalue weighted by Crippen LogP contribution is 2.16. The Morgan fingerprint density at radius 1 is 1.35 bits per heavy atom. The quantitative estimate of drug-likeness (QED) is 0.810. The lowest BCUT2D eigenvalue weighted by atomic mass is 10.0. The number of amides is 1. The molecule has 0 radical (unpaired) electrons. The molecule has 1 heterocycles. The van der Waals surface area contributed by atoms with Gasteiger partial charge >= 0.3 is 0 Å². The molecule has 0 aromatic carbocycles. The molecule has 0 spiro atoms. The molecule has 1 aromatic rings. The lowest BCUT2D eigenvalue weighted by Crippen LogP contribution is -2.34. The molecule has 1 amide bonds. The van der Waals surface area contributed by atoms with Crippen molar-refractivity contribution in [3.8, 4) is 0 Å². The molecule has 0 aliphatic carbocycles. The number of hydrogen-bond acceptors (Lipinski definition) is 3. The van der Waals surface area contributed by atoms with Gasteiger partial charge in [-0.1, -0.05) is 19.9 Å². The molecule has 0 aliphatic heterocycles. The predicted molar refractivity (Wildman–Crippen MR) is 80.6 cm³/mol. The highest BCUT2D eigenvalue weighted by Gasteiger charge is 2.20. The molecule has 1 aromatic heterocycles. The average Bonchev–Trinajstić information content (AvgIpc) is 2.34. The SMILES string of the molecule is CC(C)CC(C(N)=O)n1cc(CCN(C)C)ccc1=O. The van der Waals surface area contributed by atoms with Crippen LogP contribution in [-0.2, 0) is 11.2 Å². The van der Waals surface area contributed by atoms with E-state index in [1.807, 2.05) is 34.0 Å². The number of nitrogens with zero attached hydrogens (tertiary/aromatic N) is 2. The van der Waals surface area contributed by atoms with Gasteiger partial charge < -0.3 is 15.2 Å². The molecular weight excluding hydrogens is 254 g/mol. The summed E-state index contributed by atoms with van der Waals surface area (Å²) in [6, 6.07) is 2.76. The smallest absolute Gasteiger partial charge is 0.251 e. The molecule has 20 heavy (non-hydrogen) atoms. The Kier molecular flexibility index (Phi) is 5.95. The van der Waals surface area contributed by atoms with E-state index < -0.39 is 11.9 Å². The standard InChI is InChI=1S/C15H25N3O2/c1-11(2)9-13(15(16)20)18-10-12(5-6-14(18)19)7-8-17(3)4/h5-6,10-11,13H,7-9H2,1-4H3,(H2,16,20). The van der Waals surface area contributed by atoms with Gasteiger partial charge in [-0.25, -0.2) is 0 Å². The number of primary amides is 1. The zero-order chi connectivity index (χ0) is 15.3. The molecule has 0 bridgehead atoms. The van der Waals surface area contributed by atoms with Crippen molar-refractivity contribution >= 4 is 5.91 Å². The van der Waals surface area contributed by atoms with Crippen LogP contribution in [0.1, 0.15) is 31.9 Å². The van der Waals surface area contributed by atoms with Gasteiger partial charge in [-0.2, -0.15) is 0 Å². The average molecular weight is 279 g/mol. The van der Waals surface area contributed by atoms with E-state index in [0.717, 1.165) is 18.5 Å². The highest BCUT2D eigenvalue weighted by atomic mass is 16.2. The van der Waals surface area contributed by atoms with Crippen LogP contribution in [-0.4, -0.2) is 36.0 Å². The Morgan fingerprint density at radius 3 is 2.50 bits per heavy atom. The van der Waals surface area contributed by atoms with Gasteiger partial charge in [0.05, 0.1) is 0 Å².